The fourth-order valence-electron chi connectivity index (χ4n) is 7.44. The first-order valence-corrected chi connectivity index (χ1v) is 27.6. The highest BCUT2D eigenvalue weighted by atomic mass is 16.6. The molecule has 0 aliphatic carbocycles. The summed E-state index contributed by atoms with van der Waals surface area (Å²) in [6.07, 6.45) is 70.0. The van der Waals surface area contributed by atoms with E-state index in [1.807, 2.05) is 0 Å². The molecule has 0 heterocycles. The summed E-state index contributed by atoms with van der Waals surface area (Å²) in [6, 6.07) is 0. The highest BCUT2D eigenvalue weighted by Crippen LogP contribution is 2.15. The predicted octanol–water partition coefficient (Wildman–Crippen LogP) is 18.4. The Bertz CT molecular complexity index is 1290. The van der Waals surface area contributed by atoms with Gasteiger partial charge in [0.2, 0.25) is 0 Å². The summed E-state index contributed by atoms with van der Waals surface area (Å²) in [5.41, 5.74) is 0. The fourth-order valence-corrected chi connectivity index (χ4v) is 7.44. The Morgan fingerprint density at radius 3 is 0.939 bits per heavy atom. The van der Waals surface area contributed by atoms with Crippen molar-refractivity contribution in [3.8, 4) is 0 Å². The lowest BCUT2D eigenvalue weighted by Gasteiger charge is -2.18. The van der Waals surface area contributed by atoms with Crippen LogP contribution in [-0.4, -0.2) is 37.2 Å². The highest BCUT2D eigenvalue weighted by Gasteiger charge is 2.19. The number of unbranched alkanes of at least 4 members (excludes halogenated alkanes) is 24. The van der Waals surface area contributed by atoms with E-state index in [1.54, 1.807) is 0 Å². The van der Waals surface area contributed by atoms with E-state index in [1.165, 1.54) is 122 Å². The molecule has 0 amide bonds. The van der Waals surface area contributed by atoms with Crippen molar-refractivity contribution in [3.05, 3.63) is 85.1 Å². The van der Waals surface area contributed by atoms with Gasteiger partial charge < -0.3 is 14.2 Å². The van der Waals surface area contributed by atoms with Crippen LogP contribution in [0.15, 0.2) is 85.1 Å². The summed E-state index contributed by atoms with van der Waals surface area (Å²) >= 11 is 0. The standard InChI is InChI=1S/C60H102O6/c1-4-7-10-13-16-19-22-25-28-30-32-35-38-41-44-47-50-53-59(62)65-56-57(55-64-58(61)52-49-46-43-40-37-34-27-24-21-18-15-12-9-6-3)66-60(63)54-51-48-45-42-39-36-33-31-29-26-23-20-17-14-11-8-5-2/h16-17,19-20,25-26,28-29,32-33,35-36,41,44,57H,4-15,18,21-24,27,30-31,34,37-40,42-43,45-56H2,1-3H3/b19-16-,20-17-,28-25-,29-26-,35-32-,36-33-,44-41-/t57-/m1/s1. The molecule has 6 nitrogen and oxygen atoms in total. The minimum atomic E-state index is -0.809. The van der Waals surface area contributed by atoms with Gasteiger partial charge in [-0.2, -0.15) is 0 Å². The largest absolute Gasteiger partial charge is 0.462 e. The van der Waals surface area contributed by atoms with Gasteiger partial charge in [0.1, 0.15) is 13.2 Å². The Kier molecular flexibility index (Phi) is 51.4. The minimum Gasteiger partial charge on any atom is -0.462 e. The van der Waals surface area contributed by atoms with Crippen LogP contribution in [0.25, 0.3) is 0 Å². The maximum atomic E-state index is 12.8. The van der Waals surface area contributed by atoms with Crippen molar-refractivity contribution < 1.29 is 28.6 Å². The van der Waals surface area contributed by atoms with E-state index in [-0.39, 0.29) is 37.5 Å². The molecule has 1 atom stereocenters. The van der Waals surface area contributed by atoms with Crippen molar-refractivity contribution in [2.45, 2.75) is 264 Å². The smallest absolute Gasteiger partial charge is 0.306 e. The number of allylic oxidation sites excluding steroid dienone is 14. The van der Waals surface area contributed by atoms with E-state index in [4.69, 9.17) is 14.2 Å². The molecule has 0 rings (SSSR count). The number of carbonyl (C=O) groups is 3. The molecule has 66 heavy (non-hydrogen) atoms. The second-order valence-corrected chi connectivity index (χ2v) is 18.1. The van der Waals surface area contributed by atoms with Gasteiger partial charge in [0.25, 0.3) is 0 Å². The van der Waals surface area contributed by atoms with E-state index >= 15 is 0 Å². The molecule has 0 bridgehead atoms. The minimum absolute atomic E-state index is 0.101. The highest BCUT2D eigenvalue weighted by molar-refractivity contribution is 5.71. The Morgan fingerprint density at radius 2 is 0.561 bits per heavy atom. The molecule has 378 valence electrons. The predicted molar refractivity (Wildman–Crippen MR) is 284 cm³/mol. The Hall–Kier alpha value is -3.41. The van der Waals surface area contributed by atoms with Gasteiger partial charge in [-0.1, -0.05) is 228 Å². The number of hydrogen-bond donors (Lipinski definition) is 0. The third-order valence-corrected chi connectivity index (χ3v) is 11.6. The summed E-state index contributed by atoms with van der Waals surface area (Å²) in [6.45, 7) is 6.52. The zero-order valence-corrected chi connectivity index (χ0v) is 43.2. The molecule has 0 saturated heterocycles. The maximum Gasteiger partial charge on any atom is 0.306 e. The van der Waals surface area contributed by atoms with Gasteiger partial charge in [-0.15, -0.1) is 0 Å². The van der Waals surface area contributed by atoms with Crippen LogP contribution in [0, 0.1) is 0 Å². The van der Waals surface area contributed by atoms with Crippen LogP contribution in [0.3, 0.4) is 0 Å². The summed E-state index contributed by atoms with van der Waals surface area (Å²) in [5, 5.41) is 0. The summed E-state index contributed by atoms with van der Waals surface area (Å²) in [5.74, 6) is -0.978. The number of rotatable bonds is 49. The van der Waals surface area contributed by atoms with Gasteiger partial charge in [-0.05, 0) is 96.3 Å². The molecule has 0 aliphatic heterocycles. The van der Waals surface area contributed by atoms with Crippen LogP contribution >= 0.6 is 0 Å². The Labute approximate surface area is 407 Å². The van der Waals surface area contributed by atoms with Crippen LogP contribution in [0.2, 0.25) is 0 Å². The molecule has 0 radical (unpaired) electrons. The Balaban J connectivity index is 4.51. The molecule has 0 N–H and O–H groups in total. The van der Waals surface area contributed by atoms with Crippen molar-refractivity contribution in [2.75, 3.05) is 13.2 Å². The lowest BCUT2D eigenvalue weighted by Crippen LogP contribution is -2.30. The summed E-state index contributed by atoms with van der Waals surface area (Å²) < 4.78 is 16.8. The zero-order valence-electron chi connectivity index (χ0n) is 43.2. The molecular weight excluding hydrogens is 817 g/mol. The second kappa shape index (κ2) is 54.2. The third-order valence-electron chi connectivity index (χ3n) is 11.6. The Morgan fingerprint density at radius 1 is 0.303 bits per heavy atom. The molecule has 0 aromatic carbocycles. The molecular formula is C60H102O6. The van der Waals surface area contributed by atoms with Crippen molar-refractivity contribution >= 4 is 17.9 Å². The molecule has 0 aromatic rings. The molecule has 0 spiro atoms. The molecule has 0 saturated carbocycles. The van der Waals surface area contributed by atoms with Crippen LogP contribution in [0.1, 0.15) is 258 Å². The van der Waals surface area contributed by atoms with Gasteiger partial charge in [0.15, 0.2) is 6.10 Å². The quantitative estimate of drug-likeness (QED) is 0.0262. The summed E-state index contributed by atoms with van der Waals surface area (Å²) in [7, 11) is 0. The van der Waals surface area contributed by atoms with E-state index < -0.39 is 6.10 Å². The molecule has 6 heteroatoms. The van der Waals surface area contributed by atoms with E-state index in [9.17, 15) is 14.4 Å². The van der Waals surface area contributed by atoms with Gasteiger partial charge in [-0.25, -0.2) is 0 Å². The first-order chi connectivity index (χ1) is 32.5. The monoisotopic (exact) mass is 919 g/mol. The fraction of sp³-hybridized carbons (Fsp3) is 0.717. The average molecular weight is 919 g/mol. The van der Waals surface area contributed by atoms with Gasteiger partial charge >= 0.3 is 17.9 Å². The normalized spacial score (nSPS) is 12.7. The first-order valence-electron chi connectivity index (χ1n) is 27.6. The van der Waals surface area contributed by atoms with Crippen molar-refractivity contribution in [1.29, 1.82) is 0 Å². The van der Waals surface area contributed by atoms with Crippen LogP contribution < -0.4 is 0 Å². The molecule has 0 fully saturated rings. The maximum absolute atomic E-state index is 12.8. The van der Waals surface area contributed by atoms with E-state index in [2.05, 4.69) is 106 Å². The third kappa shape index (κ3) is 51.6. The van der Waals surface area contributed by atoms with Gasteiger partial charge in [-0.3, -0.25) is 14.4 Å². The van der Waals surface area contributed by atoms with Gasteiger partial charge in [0.05, 0.1) is 0 Å². The topological polar surface area (TPSA) is 78.9 Å². The lowest BCUT2D eigenvalue weighted by molar-refractivity contribution is -0.167. The summed E-state index contributed by atoms with van der Waals surface area (Å²) in [4.78, 5) is 38.1. The van der Waals surface area contributed by atoms with Crippen LogP contribution in [0.4, 0.5) is 0 Å². The number of ether oxygens (including phenoxy) is 3. The van der Waals surface area contributed by atoms with Crippen molar-refractivity contribution in [3.63, 3.8) is 0 Å². The molecule has 0 aliphatic rings. The number of carbonyl (C=O) groups excluding carboxylic acids is 3. The zero-order chi connectivity index (χ0) is 47.9. The van der Waals surface area contributed by atoms with Crippen molar-refractivity contribution in [1.82, 2.24) is 0 Å². The molecule has 0 aromatic heterocycles. The van der Waals surface area contributed by atoms with Crippen LogP contribution in [0.5, 0.6) is 0 Å². The first kappa shape index (κ1) is 62.6. The van der Waals surface area contributed by atoms with Gasteiger partial charge in [0, 0.05) is 19.3 Å². The lowest BCUT2D eigenvalue weighted by atomic mass is 10.0. The average Bonchev–Trinajstić information content (AvgIpc) is 3.31. The number of esters is 3. The van der Waals surface area contributed by atoms with E-state index in [0.717, 1.165) is 89.9 Å². The molecule has 0 unspecified atom stereocenters. The van der Waals surface area contributed by atoms with Crippen LogP contribution in [-0.2, 0) is 28.6 Å². The SMILES string of the molecule is CCCCC/C=C\C/C=C\C/C=C\C/C=C\CCCC(=O)OC[C@@H](COC(=O)CCCCCCCCCCCCCCCC)OC(=O)CCCCCC/C=C\C/C=C\C/C=C\CCCCC. The van der Waals surface area contributed by atoms with Crippen molar-refractivity contribution in [2.24, 2.45) is 0 Å². The van der Waals surface area contributed by atoms with E-state index in [0.29, 0.717) is 19.3 Å². The number of hydrogen-bond acceptors (Lipinski definition) is 6. The second-order valence-electron chi connectivity index (χ2n) is 18.1.